The number of nitrogens with zero attached hydrogens (tertiary/aromatic N) is 2. The highest BCUT2D eigenvalue weighted by atomic mass is 32.1. The van der Waals surface area contributed by atoms with Crippen LogP contribution in [0, 0.1) is 0 Å². The van der Waals surface area contributed by atoms with E-state index in [0.29, 0.717) is 23.2 Å². The largest absolute Gasteiger partial charge is 0.352 e. The van der Waals surface area contributed by atoms with Crippen LogP contribution >= 0.6 is 11.3 Å². The molecule has 0 atom stereocenters. The first-order chi connectivity index (χ1) is 12.1. The molecule has 0 spiro atoms. The van der Waals surface area contributed by atoms with Gasteiger partial charge in [0.1, 0.15) is 5.01 Å². The van der Waals surface area contributed by atoms with E-state index < -0.39 is 0 Å². The first kappa shape index (κ1) is 17.5. The van der Waals surface area contributed by atoms with Crippen molar-refractivity contribution in [3.8, 4) is 0 Å². The number of amides is 2. The molecule has 0 bridgehead atoms. The van der Waals surface area contributed by atoms with E-state index >= 15 is 0 Å². The van der Waals surface area contributed by atoms with E-state index in [1.54, 1.807) is 12.1 Å². The fourth-order valence-corrected chi connectivity index (χ4v) is 3.88. The number of hydrogen-bond acceptors (Lipinski definition) is 5. The van der Waals surface area contributed by atoms with Gasteiger partial charge in [0.05, 0.1) is 0 Å². The van der Waals surface area contributed by atoms with Crippen LogP contribution in [0.1, 0.15) is 65.9 Å². The zero-order chi connectivity index (χ0) is 17.6. The molecule has 0 aliphatic heterocycles. The van der Waals surface area contributed by atoms with E-state index in [-0.39, 0.29) is 11.8 Å². The summed E-state index contributed by atoms with van der Waals surface area (Å²) < 4.78 is 0. The number of aromatic nitrogens is 2. The second-order valence-electron chi connectivity index (χ2n) is 6.34. The number of anilines is 1. The van der Waals surface area contributed by atoms with Gasteiger partial charge in [-0.3, -0.25) is 14.9 Å². The average molecular weight is 358 g/mol. The maximum Gasteiger partial charge on any atom is 0.257 e. The monoisotopic (exact) mass is 358 g/mol. The van der Waals surface area contributed by atoms with Gasteiger partial charge < -0.3 is 5.32 Å². The third-order valence-corrected chi connectivity index (χ3v) is 5.37. The van der Waals surface area contributed by atoms with E-state index in [4.69, 9.17) is 0 Å². The summed E-state index contributed by atoms with van der Waals surface area (Å²) in [6.45, 7) is 1.93. The van der Waals surface area contributed by atoms with Crippen LogP contribution < -0.4 is 10.6 Å². The Bertz CT molecular complexity index is 736. The van der Waals surface area contributed by atoms with Crippen LogP contribution in [0.25, 0.3) is 0 Å². The number of carbonyl (C=O) groups excluding carboxylic acids is 2. The minimum absolute atomic E-state index is 0.0770. The quantitative estimate of drug-likeness (QED) is 0.857. The molecular formula is C18H22N4O2S. The Kier molecular flexibility index (Phi) is 5.75. The summed E-state index contributed by atoms with van der Waals surface area (Å²) in [5.74, 6) is 0.217. The van der Waals surface area contributed by atoms with Crippen molar-refractivity contribution in [2.75, 3.05) is 5.32 Å². The molecule has 0 radical (unpaired) electrons. The van der Waals surface area contributed by atoms with Crippen molar-refractivity contribution in [3.63, 3.8) is 0 Å². The molecule has 2 amide bonds. The normalized spacial score (nSPS) is 14.9. The van der Waals surface area contributed by atoms with Crippen molar-refractivity contribution in [2.24, 2.45) is 0 Å². The number of hydrogen-bond donors (Lipinski definition) is 2. The summed E-state index contributed by atoms with van der Waals surface area (Å²) in [5.41, 5.74) is 1.50. The second-order valence-corrected chi connectivity index (χ2v) is 7.35. The van der Waals surface area contributed by atoms with Gasteiger partial charge in [-0.15, -0.1) is 10.2 Å². The van der Waals surface area contributed by atoms with Crippen molar-refractivity contribution in [1.29, 1.82) is 0 Å². The number of rotatable bonds is 5. The molecule has 2 aromatic rings. The van der Waals surface area contributed by atoms with Gasteiger partial charge in [0.15, 0.2) is 0 Å². The van der Waals surface area contributed by atoms with Gasteiger partial charge in [-0.2, -0.15) is 0 Å². The minimum atomic E-state index is -0.197. The molecule has 1 fully saturated rings. The minimum Gasteiger partial charge on any atom is -0.352 e. The molecule has 1 aromatic heterocycles. The third kappa shape index (κ3) is 4.85. The SMILES string of the molecule is CC(=O)NCc1ccc(C(=O)Nc2nnc(C3CCCCC3)s2)cc1. The van der Waals surface area contributed by atoms with Crippen molar-refractivity contribution in [2.45, 2.75) is 51.5 Å². The molecule has 25 heavy (non-hydrogen) atoms. The Balaban J connectivity index is 1.58. The summed E-state index contributed by atoms with van der Waals surface area (Å²) in [6.07, 6.45) is 6.13. The molecule has 6 nitrogen and oxygen atoms in total. The van der Waals surface area contributed by atoms with Gasteiger partial charge in [0, 0.05) is 24.9 Å². The number of nitrogens with one attached hydrogen (secondary N) is 2. The van der Waals surface area contributed by atoms with E-state index in [2.05, 4.69) is 20.8 Å². The summed E-state index contributed by atoms with van der Waals surface area (Å²) in [4.78, 5) is 23.3. The number of benzene rings is 1. The maximum absolute atomic E-state index is 12.3. The fraction of sp³-hybridized carbons (Fsp3) is 0.444. The number of carbonyl (C=O) groups is 2. The highest BCUT2D eigenvalue weighted by Crippen LogP contribution is 2.35. The first-order valence-corrected chi connectivity index (χ1v) is 9.41. The highest BCUT2D eigenvalue weighted by molar-refractivity contribution is 7.15. The smallest absolute Gasteiger partial charge is 0.257 e. The summed E-state index contributed by atoms with van der Waals surface area (Å²) in [7, 11) is 0. The first-order valence-electron chi connectivity index (χ1n) is 8.60. The van der Waals surface area contributed by atoms with Gasteiger partial charge >= 0.3 is 0 Å². The lowest BCUT2D eigenvalue weighted by Crippen LogP contribution is -2.19. The van der Waals surface area contributed by atoms with E-state index in [1.807, 2.05) is 12.1 Å². The molecule has 7 heteroatoms. The van der Waals surface area contributed by atoms with Crippen LogP contribution in [0.4, 0.5) is 5.13 Å². The molecule has 1 heterocycles. The van der Waals surface area contributed by atoms with E-state index in [0.717, 1.165) is 10.6 Å². The Morgan fingerprint density at radius 2 is 1.84 bits per heavy atom. The van der Waals surface area contributed by atoms with E-state index in [9.17, 15) is 9.59 Å². The zero-order valence-corrected chi connectivity index (χ0v) is 15.1. The van der Waals surface area contributed by atoms with Crippen LogP contribution in [0.5, 0.6) is 0 Å². The zero-order valence-electron chi connectivity index (χ0n) is 14.2. The van der Waals surface area contributed by atoms with Crippen LogP contribution in [0.15, 0.2) is 24.3 Å². The van der Waals surface area contributed by atoms with Gasteiger partial charge in [0.2, 0.25) is 11.0 Å². The predicted molar refractivity (Wildman–Crippen MR) is 97.7 cm³/mol. The maximum atomic E-state index is 12.3. The molecule has 132 valence electrons. The molecular weight excluding hydrogens is 336 g/mol. The lowest BCUT2D eigenvalue weighted by molar-refractivity contribution is -0.119. The fourth-order valence-electron chi connectivity index (χ4n) is 2.97. The summed E-state index contributed by atoms with van der Waals surface area (Å²) >= 11 is 1.48. The Morgan fingerprint density at radius 1 is 1.12 bits per heavy atom. The van der Waals surface area contributed by atoms with Crippen molar-refractivity contribution >= 4 is 28.3 Å². The average Bonchev–Trinajstić information content (AvgIpc) is 3.09. The predicted octanol–water partition coefficient (Wildman–Crippen LogP) is 3.47. The lowest BCUT2D eigenvalue weighted by Gasteiger charge is -2.18. The third-order valence-electron chi connectivity index (χ3n) is 4.37. The van der Waals surface area contributed by atoms with Gasteiger partial charge in [-0.05, 0) is 30.5 Å². The molecule has 1 aliphatic carbocycles. The summed E-state index contributed by atoms with van der Waals surface area (Å²) in [5, 5.41) is 15.5. The van der Waals surface area contributed by atoms with Crippen molar-refractivity contribution in [3.05, 3.63) is 40.4 Å². The second kappa shape index (κ2) is 8.20. The van der Waals surface area contributed by atoms with Crippen LogP contribution in [-0.2, 0) is 11.3 Å². The lowest BCUT2D eigenvalue weighted by atomic mass is 9.90. The van der Waals surface area contributed by atoms with Gasteiger partial charge in [-0.1, -0.05) is 42.7 Å². The van der Waals surface area contributed by atoms with Crippen molar-refractivity contribution in [1.82, 2.24) is 15.5 Å². The Labute approximate surface area is 151 Å². The molecule has 3 rings (SSSR count). The Morgan fingerprint density at radius 3 is 2.52 bits per heavy atom. The molecule has 0 saturated heterocycles. The van der Waals surface area contributed by atoms with E-state index in [1.165, 1.54) is 50.4 Å². The highest BCUT2D eigenvalue weighted by Gasteiger charge is 2.20. The van der Waals surface area contributed by atoms with Crippen LogP contribution in [0.2, 0.25) is 0 Å². The molecule has 1 saturated carbocycles. The molecule has 1 aromatic carbocycles. The Hall–Kier alpha value is -2.28. The topological polar surface area (TPSA) is 84.0 Å². The van der Waals surface area contributed by atoms with Crippen molar-refractivity contribution < 1.29 is 9.59 Å². The molecule has 1 aliphatic rings. The molecule has 0 unspecified atom stereocenters. The standard InChI is InChI=1S/C18H22N4O2S/c1-12(23)19-11-13-7-9-14(10-8-13)16(24)20-18-22-21-17(25-18)15-5-3-2-4-6-15/h7-10,15H,2-6,11H2,1H3,(H,19,23)(H,20,22,24). The molecule has 2 N–H and O–H groups in total. The van der Waals surface area contributed by atoms with Crippen LogP contribution in [-0.4, -0.2) is 22.0 Å². The summed E-state index contributed by atoms with van der Waals surface area (Å²) in [6, 6.07) is 7.15. The van der Waals surface area contributed by atoms with Gasteiger partial charge in [-0.25, -0.2) is 0 Å². The van der Waals surface area contributed by atoms with Gasteiger partial charge in [0.25, 0.3) is 5.91 Å². The van der Waals surface area contributed by atoms with Crippen LogP contribution in [0.3, 0.4) is 0 Å².